The molecule has 1 aromatic carbocycles. The maximum absolute atomic E-state index is 11.3. The average molecular weight is 293 g/mol. The first-order valence-electron chi connectivity index (χ1n) is 5.78. The van der Waals surface area contributed by atoms with Gasteiger partial charge in [-0.3, -0.25) is 10.2 Å². The number of hydrogen-bond acceptors (Lipinski definition) is 6. The quantitative estimate of drug-likeness (QED) is 0.255. The highest BCUT2D eigenvalue weighted by molar-refractivity contribution is 7.98. The molecule has 0 unspecified atom stereocenters. The van der Waals surface area contributed by atoms with Gasteiger partial charge in [-0.1, -0.05) is 0 Å². The highest BCUT2D eigenvalue weighted by Crippen LogP contribution is 2.33. The first-order valence-corrected chi connectivity index (χ1v) is 6.77. The predicted molar refractivity (Wildman–Crippen MR) is 77.3 cm³/mol. The smallest absolute Gasteiger partial charge is 0.268 e. The van der Waals surface area contributed by atoms with Crippen LogP contribution in [0.4, 0.5) is 5.69 Å². The Hall–Kier alpha value is -2.12. The summed E-state index contributed by atoms with van der Waals surface area (Å²) in [6.07, 6.45) is 1.37. The highest BCUT2D eigenvalue weighted by atomic mass is 32.2. The number of nitrogens with one attached hydrogen (secondary N) is 1. The lowest BCUT2D eigenvalue weighted by Gasteiger charge is -2.07. The van der Waals surface area contributed by atoms with E-state index in [1.165, 1.54) is 18.0 Å². The van der Waals surface area contributed by atoms with Gasteiger partial charge in [0.15, 0.2) is 0 Å². The minimum atomic E-state index is -0.380. The van der Waals surface area contributed by atoms with Gasteiger partial charge >= 0.3 is 0 Å². The highest BCUT2D eigenvalue weighted by Gasteiger charge is 2.10. The number of benzene rings is 1. The first-order chi connectivity index (χ1) is 9.63. The lowest BCUT2D eigenvalue weighted by Crippen LogP contribution is -2.29. The van der Waals surface area contributed by atoms with Crippen LogP contribution in [-0.2, 0) is 5.75 Å². The molecule has 0 saturated heterocycles. The summed E-state index contributed by atoms with van der Waals surface area (Å²) in [6, 6.07) is 7.10. The van der Waals surface area contributed by atoms with Crippen LogP contribution in [0.2, 0.25) is 0 Å². The van der Waals surface area contributed by atoms with E-state index in [0.717, 1.165) is 4.90 Å². The van der Waals surface area contributed by atoms with Crippen molar-refractivity contribution in [3.05, 3.63) is 41.9 Å². The number of amides is 1. The van der Waals surface area contributed by atoms with E-state index in [4.69, 9.17) is 20.7 Å². The van der Waals surface area contributed by atoms with Gasteiger partial charge in [-0.05, 0) is 18.2 Å². The molecule has 1 aromatic heterocycles. The minimum Gasteiger partial charge on any atom is -0.496 e. The molecule has 7 heteroatoms. The van der Waals surface area contributed by atoms with Gasteiger partial charge in [0.05, 0.1) is 18.4 Å². The second kappa shape index (κ2) is 6.36. The fourth-order valence-electron chi connectivity index (χ4n) is 1.61. The summed E-state index contributed by atoms with van der Waals surface area (Å²) in [7, 11) is 1.59. The number of nitrogens with two attached hydrogens (primary N) is 2. The molecule has 20 heavy (non-hydrogen) atoms. The summed E-state index contributed by atoms with van der Waals surface area (Å²) in [5, 5.41) is 0. The number of thioether (sulfide) groups is 1. The fraction of sp³-hybridized carbons (Fsp3) is 0.154. The van der Waals surface area contributed by atoms with E-state index in [-0.39, 0.29) is 5.91 Å². The summed E-state index contributed by atoms with van der Waals surface area (Å²) in [5.41, 5.74) is 8.79. The molecule has 1 amide bonds. The van der Waals surface area contributed by atoms with E-state index < -0.39 is 0 Å². The molecule has 0 fully saturated rings. The summed E-state index contributed by atoms with van der Waals surface area (Å²) in [4.78, 5) is 12.2. The van der Waals surface area contributed by atoms with Crippen LogP contribution < -0.4 is 21.7 Å². The molecule has 5 N–H and O–H groups in total. The van der Waals surface area contributed by atoms with E-state index in [1.807, 2.05) is 6.07 Å². The van der Waals surface area contributed by atoms with Crippen molar-refractivity contribution in [1.82, 2.24) is 5.43 Å². The Morgan fingerprint density at radius 2 is 2.25 bits per heavy atom. The van der Waals surface area contributed by atoms with Crippen LogP contribution >= 0.6 is 11.8 Å². The average Bonchev–Trinajstić information content (AvgIpc) is 2.93. The Morgan fingerprint density at radius 1 is 1.45 bits per heavy atom. The molecule has 0 aliphatic rings. The third-order valence-corrected chi connectivity index (χ3v) is 3.68. The maximum atomic E-state index is 11.3. The second-order valence-corrected chi connectivity index (χ2v) is 4.99. The molecule has 0 aliphatic heterocycles. The topological polar surface area (TPSA) is 104 Å². The van der Waals surface area contributed by atoms with Crippen LogP contribution in [0, 0.1) is 0 Å². The molecule has 0 aliphatic carbocycles. The maximum Gasteiger partial charge on any atom is 0.268 e. The van der Waals surface area contributed by atoms with Gasteiger partial charge in [0, 0.05) is 16.6 Å². The van der Waals surface area contributed by atoms with E-state index >= 15 is 0 Å². The largest absolute Gasteiger partial charge is 0.496 e. The fourth-order valence-corrected chi connectivity index (χ4v) is 2.51. The van der Waals surface area contributed by atoms with E-state index in [9.17, 15) is 4.79 Å². The third-order valence-electron chi connectivity index (χ3n) is 2.60. The molecule has 0 spiro atoms. The number of nitrogen functional groups attached to an aromatic ring is 2. The van der Waals surface area contributed by atoms with Gasteiger partial charge in [0.2, 0.25) is 0 Å². The number of rotatable bonds is 5. The first kappa shape index (κ1) is 14.3. The number of ether oxygens (including phenoxy) is 1. The van der Waals surface area contributed by atoms with Crippen LogP contribution in [0.3, 0.4) is 0 Å². The summed E-state index contributed by atoms with van der Waals surface area (Å²) >= 11 is 1.53. The lowest BCUT2D eigenvalue weighted by atomic mass is 10.3. The molecule has 106 valence electrons. The number of furan rings is 1. The van der Waals surface area contributed by atoms with Crippen molar-refractivity contribution >= 4 is 23.4 Å². The van der Waals surface area contributed by atoms with Crippen molar-refractivity contribution in [3.63, 3.8) is 0 Å². The van der Waals surface area contributed by atoms with Crippen molar-refractivity contribution in [2.24, 2.45) is 5.84 Å². The second-order valence-electron chi connectivity index (χ2n) is 3.97. The Kier molecular flexibility index (Phi) is 4.54. The molecule has 2 rings (SSSR count). The number of methoxy groups -OCH3 is 1. The van der Waals surface area contributed by atoms with Gasteiger partial charge in [-0.15, -0.1) is 11.8 Å². The van der Waals surface area contributed by atoms with Crippen molar-refractivity contribution in [3.8, 4) is 5.75 Å². The Balaban J connectivity index is 2.05. The van der Waals surface area contributed by atoms with E-state index in [2.05, 4.69) is 5.43 Å². The standard InChI is InChI=1S/C13H15N3O3S/c1-18-11-5-9(14)2-3-12(11)20-7-10-4-8(6-19-10)13(17)16-15/h2-6H,7,14-15H2,1H3,(H,16,17). The van der Waals surface area contributed by atoms with Crippen LogP contribution in [0.5, 0.6) is 5.75 Å². The van der Waals surface area contributed by atoms with Crippen LogP contribution in [-0.4, -0.2) is 13.0 Å². The van der Waals surface area contributed by atoms with Crippen molar-refractivity contribution in [2.45, 2.75) is 10.6 Å². The predicted octanol–water partition coefficient (Wildman–Crippen LogP) is 1.77. The number of carbonyl (C=O) groups is 1. The Morgan fingerprint density at radius 3 is 2.95 bits per heavy atom. The van der Waals surface area contributed by atoms with Crippen molar-refractivity contribution in [2.75, 3.05) is 12.8 Å². The molecule has 0 radical (unpaired) electrons. The number of anilines is 1. The molecule has 0 atom stereocenters. The van der Waals surface area contributed by atoms with Crippen molar-refractivity contribution in [1.29, 1.82) is 0 Å². The van der Waals surface area contributed by atoms with Crippen LogP contribution in [0.25, 0.3) is 0 Å². The zero-order valence-corrected chi connectivity index (χ0v) is 11.7. The number of hydrogen-bond donors (Lipinski definition) is 3. The lowest BCUT2D eigenvalue weighted by molar-refractivity contribution is 0.0953. The van der Waals surface area contributed by atoms with Gasteiger partial charge < -0.3 is 14.9 Å². The number of hydrazine groups is 1. The summed E-state index contributed by atoms with van der Waals surface area (Å²) < 4.78 is 10.6. The zero-order chi connectivity index (χ0) is 14.5. The SMILES string of the molecule is COc1cc(N)ccc1SCc1cc(C(=O)NN)co1. The monoisotopic (exact) mass is 293 g/mol. The van der Waals surface area contributed by atoms with Gasteiger partial charge in [-0.25, -0.2) is 5.84 Å². The van der Waals surface area contributed by atoms with E-state index in [1.54, 1.807) is 25.3 Å². The number of carbonyl (C=O) groups excluding carboxylic acids is 1. The van der Waals surface area contributed by atoms with Crippen LogP contribution in [0.1, 0.15) is 16.1 Å². The minimum absolute atomic E-state index is 0.380. The van der Waals surface area contributed by atoms with Crippen molar-refractivity contribution < 1.29 is 13.9 Å². The Labute approximate surface area is 120 Å². The normalized spacial score (nSPS) is 10.3. The van der Waals surface area contributed by atoms with Gasteiger partial charge in [0.25, 0.3) is 5.91 Å². The molecular formula is C13H15N3O3S. The zero-order valence-electron chi connectivity index (χ0n) is 10.9. The van der Waals surface area contributed by atoms with Gasteiger partial charge in [-0.2, -0.15) is 0 Å². The third kappa shape index (κ3) is 3.25. The summed E-state index contributed by atoms with van der Waals surface area (Å²) in [5.74, 6) is 6.63. The summed E-state index contributed by atoms with van der Waals surface area (Å²) in [6.45, 7) is 0. The molecule has 2 aromatic rings. The molecule has 1 heterocycles. The molecule has 6 nitrogen and oxygen atoms in total. The van der Waals surface area contributed by atoms with E-state index in [0.29, 0.717) is 28.5 Å². The molecular weight excluding hydrogens is 278 g/mol. The van der Waals surface area contributed by atoms with Gasteiger partial charge in [0.1, 0.15) is 17.8 Å². The molecule has 0 saturated carbocycles. The van der Waals surface area contributed by atoms with Crippen LogP contribution in [0.15, 0.2) is 39.8 Å². The Bertz CT molecular complexity index is 613. The molecule has 0 bridgehead atoms.